The average molecular weight is 354 g/mol. The lowest BCUT2D eigenvalue weighted by Crippen LogP contribution is -2.41. The number of esters is 1. The monoisotopic (exact) mass is 354 g/mol. The van der Waals surface area contributed by atoms with E-state index in [1.807, 2.05) is 13.0 Å². The highest BCUT2D eigenvalue weighted by Crippen LogP contribution is 2.48. The van der Waals surface area contributed by atoms with Gasteiger partial charge >= 0.3 is 5.97 Å². The van der Waals surface area contributed by atoms with Crippen molar-refractivity contribution < 1.29 is 24.2 Å². The molecule has 1 aromatic carbocycles. The second-order valence-electron chi connectivity index (χ2n) is 7.28. The lowest BCUT2D eigenvalue weighted by atomic mass is 9.63. The first-order valence-corrected chi connectivity index (χ1v) is 8.70. The third-order valence-corrected chi connectivity index (χ3v) is 5.25. The van der Waals surface area contributed by atoms with Crippen molar-refractivity contribution in [3.05, 3.63) is 52.1 Å². The van der Waals surface area contributed by atoms with Crippen molar-refractivity contribution in [3.8, 4) is 5.75 Å². The quantitative estimate of drug-likeness (QED) is 0.662. The Morgan fingerprint density at radius 3 is 2.62 bits per heavy atom. The summed E-state index contributed by atoms with van der Waals surface area (Å²) in [6.45, 7) is 7.27. The summed E-state index contributed by atoms with van der Waals surface area (Å²) in [6.07, 6.45) is 2.24. The number of carbonyl (C=O) groups excluding carboxylic acids is 3. The number of benzene rings is 1. The molecule has 136 valence electrons. The Bertz CT molecular complexity index is 886. The molecule has 0 saturated heterocycles. The molecule has 0 saturated carbocycles. The molecule has 0 aliphatic heterocycles. The van der Waals surface area contributed by atoms with Gasteiger partial charge in [-0.25, -0.2) is 0 Å². The summed E-state index contributed by atoms with van der Waals surface area (Å²) in [4.78, 5) is 38.8. The molecule has 0 heterocycles. The third kappa shape index (κ3) is 2.50. The van der Waals surface area contributed by atoms with Gasteiger partial charge in [-0.1, -0.05) is 23.8 Å². The van der Waals surface area contributed by atoms with E-state index in [4.69, 9.17) is 4.74 Å². The van der Waals surface area contributed by atoms with E-state index in [9.17, 15) is 19.5 Å². The van der Waals surface area contributed by atoms with Crippen LogP contribution < -0.4 is 0 Å². The van der Waals surface area contributed by atoms with E-state index < -0.39 is 17.3 Å². The van der Waals surface area contributed by atoms with E-state index in [1.165, 1.54) is 6.07 Å². The van der Waals surface area contributed by atoms with Crippen LogP contribution in [0, 0.1) is 11.3 Å². The Morgan fingerprint density at radius 2 is 1.96 bits per heavy atom. The number of carbonyl (C=O) groups is 3. The van der Waals surface area contributed by atoms with Gasteiger partial charge in [0.25, 0.3) is 0 Å². The Morgan fingerprint density at radius 1 is 1.27 bits per heavy atom. The SMILES string of the molecule is CCOC(=O)C(C)(C)C1C(C)=CCC2=C1C(=O)c1c(O)cccc1C2=O. The first-order valence-electron chi connectivity index (χ1n) is 8.70. The molecule has 0 fully saturated rings. The summed E-state index contributed by atoms with van der Waals surface area (Å²) < 4.78 is 5.21. The highest BCUT2D eigenvalue weighted by molar-refractivity contribution is 6.28. The first kappa shape index (κ1) is 18.1. The van der Waals surface area contributed by atoms with Gasteiger partial charge in [0.15, 0.2) is 11.6 Å². The Hall–Kier alpha value is -2.69. The van der Waals surface area contributed by atoms with Gasteiger partial charge in [0.1, 0.15) is 5.75 Å². The molecule has 0 bridgehead atoms. The number of phenols is 1. The molecule has 0 amide bonds. The van der Waals surface area contributed by atoms with E-state index >= 15 is 0 Å². The maximum Gasteiger partial charge on any atom is 0.312 e. The molecule has 1 N–H and O–H groups in total. The normalized spacial score (nSPS) is 19.7. The van der Waals surface area contributed by atoms with Gasteiger partial charge in [0.2, 0.25) is 0 Å². The van der Waals surface area contributed by atoms with Crippen molar-refractivity contribution in [2.45, 2.75) is 34.1 Å². The molecule has 26 heavy (non-hydrogen) atoms. The lowest BCUT2D eigenvalue weighted by Gasteiger charge is -2.39. The number of fused-ring (bicyclic) bond motifs is 1. The summed E-state index contributed by atoms with van der Waals surface area (Å²) >= 11 is 0. The van der Waals surface area contributed by atoms with E-state index in [2.05, 4.69) is 0 Å². The summed E-state index contributed by atoms with van der Waals surface area (Å²) in [7, 11) is 0. The van der Waals surface area contributed by atoms with Crippen molar-refractivity contribution >= 4 is 17.5 Å². The standard InChI is InChI=1S/C21H22O5/c1-5-26-20(25)21(3,4)17-11(2)9-10-13-16(17)19(24)15-12(18(13)23)7-6-8-14(15)22/h6-9,17,22H,5,10H2,1-4H3. The van der Waals surface area contributed by atoms with Crippen molar-refractivity contribution in [2.75, 3.05) is 6.61 Å². The van der Waals surface area contributed by atoms with Crippen LogP contribution >= 0.6 is 0 Å². The molecule has 5 heteroatoms. The Labute approximate surface area is 152 Å². The van der Waals surface area contributed by atoms with Gasteiger partial charge in [0.05, 0.1) is 17.6 Å². The molecule has 2 aliphatic carbocycles. The zero-order valence-electron chi connectivity index (χ0n) is 15.4. The molecule has 5 nitrogen and oxygen atoms in total. The summed E-state index contributed by atoms with van der Waals surface area (Å²) in [6, 6.07) is 4.50. The summed E-state index contributed by atoms with van der Waals surface area (Å²) in [5, 5.41) is 10.2. The first-order chi connectivity index (χ1) is 12.2. The zero-order chi connectivity index (χ0) is 19.2. The van der Waals surface area contributed by atoms with Crippen LogP contribution in [0.25, 0.3) is 0 Å². The van der Waals surface area contributed by atoms with Gasteiger partial charge in [-0.2, -0.15) is 0 Å². The minimum absolute atomic E-state index is 0.0237. The van der Waals surface area contributed by atoms with E-state index in [0.717, 1.165) is 5.57 Å². The molecule has 3 rings (SSSR count). The number of phenolic OH excluding ortho intramolecular Hbond substituents is 1. The second-order valence-corrected chi connectivity index (χ2v) is 7.28. The summed E-state index contributed by atoms with van der Waals surface area (Å²) in [5.41, 5.74) is 0.782. The molecule has 1 unspecified atom stereocenters. The molecule has 2 aliphatic rings. The Kier molecular flexibility index (Phi) is 4.34. The van der Waals surface area contributed by atoms with Crippen LogP contribution in [0.1, 0.15) is 54.8 Å². The molecule has 1 atom stereocenters. The third-order valence-electron chi connectivity index (χ3n) is 5.25. The number of allylic oxidation sites excluding steroid dienone is 4. The average Bonchev–Trinajstić information content (AvgIpc) is 2.59. The highest BCUT2D eigenvalue weighted by Gasteiger charge is 2.48. The van der Waals surface area contributed by atoms with Crippen molar-refractivity contribution in [3.63, 3.8) is 0 Å². The van der Waals surface area contributed by atoms with Gasteiger partial charge in [-0.15, -0.1) is 0 Å². The van der Waals surface area contributed by atoms with Crippen molar-refractivity contribution in [1.82, 2.24) is 0 Å². The van der Waals surface area contributed by atoms with Gasteiger partial charge < -0.3 is 9.84 Å². The molecule has 0 aromatic heterocycles. The number of hydrogen-bond donors (Lipinski definition) is 1. The minimum atomic E-state index is -1.02. The van der Waals surface area contributed by atoms with Gasteiger partial charge in [0, 0.05) is 22.6 Å². The lowest BCUT2D eigenvalue weighted by molar-refractivity contribution is -0.155. The minimum Gasteiger partial charge on any atom is -0.507 e. The fraction of sp³-hybridized carbons (Fsp3) is 0.381. The van der Waals surface area contributed by atoms with Crippen LogP contribution in [0.5, 0.6) is 5.75 Å². The van der Waals surface area contributed by atoms with E-state index in [0.29, 0.717) is 17.6 Å². The number of rotatable bonds is 3. The van der Waals surface area contributed by atoms with Crippen LogP contribution in [0.4, 0.5) is 0 Å². The van der Waals surface area contributed by atoms with Crippen molar-refractivity contribution in [2.24, 2.45) is 11.3 Å². The predicted octanol–water partition coefficient (Wildman–Crippen LogP) is 3.62. The van der Waals surface area contributed by atoms with Crippen LogP contribution in [0.15, 0.2) is 41.0 Å². The Balaban J connectivity index is 2.19. The van der Waals surface area contributed by atoms with Crippen LogP contribution in [-0.2, 0) is 9.53 Å². The number of ether oxygens (including phenoxy) is 1. The highest BCUT2D eigenvalue weighted by atomic mass is 16.5. The summed E-state index contributed by atoms with van der Waals surface area (Å²) in [5.74, 6) is -1.86. The fourth-order valence-corrected chi connectivity index (χ4v) is 4.01. The molecule has 1 aromatic rings. The van der Waals surface area contributed by atoms with Crippen LogP contribution in [0.2, 0.25) is 0 Å². The van der Waals surface area contributed by atoms with E-state index in [-0.39, 0.29) is 35.0 Å². The molecular formula is C21H22O5. The maximum absolute atomic E-state index is 13.3. The number of aromatic hydroxyl groups is 1. The predicted molar refractivity (Wildman–Crippen MR) is 96.1 cm³/mol. The van der Waals surface area contributed by atoms with E-state index in [1.54, 1.807) is 32.9 Å². The second kappa shape index (κ2) is 6.24. The molecule has 0 radical (unpaired) electrons. The smallest absolute Gasteiger partial charge is 0.312 e. The maximum atomic E-state index is 13.3. The van der Waals surface area contributed by atoms with Gasteiger partial charge in [-0.3, -0.25) is 14.4 Å². The number of Topliss-reactive ketones (excluding diaryl/α,β-unsaturated/α-hetero) is 2. The van der Waals surface area contributed by atoms with Crippen molar-refractivity contribution in [1.29, 1.82) is 0 Å². The number of hydrogen-bond acceptors (Lipinski definition) is 5. The van der Waals surface area contributed by atoms with Crippen LogP contribution in [0.3, 0.4) is 0 Å². The number of ketones is 2. The fourth-order valence-electron chi connectivity index (χ4n) is 4.01. The molecule has 0 spiro atoms. The largest absolute Gasteiger partial charge is 0.507 e. The topological polar surface area (TPSA) is 80.7 Å². The zero-order valence-corrected chi connectivity index (χ0v) is 15.4. The van der Waals surface area contributed by atoms with Gasteiger partial charge in [-0.05, 0) is 40.2 Å². The molecular weight excluding hydrogens is 332 g/mol. The van der Waals surface area contributed by atoms with Crippen LogP contribution in [-0.4, -0.2) is 29.2 Å².